The van der Waals surface area contributed by atoms with Crippen LogP contribution in [0.5, 0.6) is 0 Å². The molecule has 226 valence electrons. The molecule has 14 heteroatoms. The van der Waals surface area contributed by atoms with Crippen molar-refractivity contribution in [3.8, 4) is 0 Å². The molecule has 0 spiro atoms. The van der Waals surface area contributed by atoms with E-state index >= 15 is 0 Å². The van der Waals surface area contributed by atoms with Crippen molar-refractivity contribution < 1.29 is 12.8 Å². The van der Waals surface area contributed by atoms with Crippen LogP contribution in [0.25, 0.3) is 11.2 Å². The van der Waals surface area contributed by atoms with Gasteiger partial charge in [-0.1, -0.05) is 12.8 Å². The normalized spacial score (nSPS) is 22.8. The SMILES string of the molecule is Cl.Cl.Nc1nc(N(C2CCC(N)CC2)C2CCN(S(=O)(=O)c3ccc(F)cc3)CC2)nc2c1ncn2C1CCCC1. The number of anilines is 2. The zero-order chi connectivity index (χ0) is 27.1. The van der Waals surface area contributed by atoms with Gasteiger partial charge < -0.3 is 20.9 Å². The average Bonchev–Trinajstić information content (AvgIpc) is 3.61. The van der Waals surface area contributed by atoms with Crippen LogP contribution in [0.15, 0.2) is 35.5 Å². The first-order chi connectivity index (χ1) is 18.8. The zero-order valence-electron chi connectivity index (χ0n) is 22.9. The number of hydrogen-bond acceptors (Lipinski definition) is 8. The summed E-state index contributed by atoms with van der Waals surface area (Å²) in [6.45, 7) is 0.732. The van der Waals surface area contributed by atoms with E-state index in [9.17, 15) is 12.8 Å². The molecule has 10 nitrogen and oxygen atoms in total. The molecule has 1 saturated heterocycles. The summed E-state index contributed by atoms with van der Waals surface area (Å²) < 4.78 is 43.5. The molecule has 41 heavy (non-hydrogen) atoms. The fourth-order valence-electron chi connectivity index (χ4n) is 6.61. The van der Waals surface area contributed by atoms with Gasteiger partial charge in [0.2, 0.25) is 16.0 Å². The maximum atomic E-state index is 13.4. The molecule has 2 aliphatic carbocycles. The lowest BCUT2D eigenvalue weighted by Gasteiger charge is -2.44. The summed E-state index contributed by atoms with van der Waals surface area (Å²) >= 11 is 0. The molecular weight excluding hydrogens is 590 g/mol. The van der Waals surface area contributed by atoms with Gasteiger partial charge in [-0.2, -0.15) is 14.3 Å². The first kappa shape index (κ1) is 31.7. The van der Waals surface area contributed by atoms with Crippen LogP contribution in [-0.4, -0.2) is 63.5 Å². The van der Waals surface area contributed by atoms with Gasteiger partial charge >= 0.3 is 0 Å². The van der Waals surface area contributed by atoms with Gasteiger partial charge in [0.25, 0.3) is 0 Å². The van der Waals surface area contributed by atoms with Gasteiger partial charge in [-0.05, 0) is 75.6 Å². The van der Waals surface area contributed by atoms with Crippen LogP contribution in [0.2, 0.25) is 0 Å². The van der Waals surface area contributed by atoms with E-state index in [1.165, 1.54) is 41.4 Å². The standard InChI is InChI=1S/C27H37FN8O2S.2ClH/c28-18-5-11-23(12-6-18)39(37,38)34-15-13-22(14-16-34)36(21-9-7-19(29)8-10-21)27-32-25(30)24-26(33-27)35(17-31-24)20-3-1-2-4-20;;/h5-6,11-12,17,19-22H,1-4,7-10,13-16,29H2,(H2,30,32,33);2*1H. The van der Waals surface area contributed by atoms with Crippen LogP contribution in [0, 0.1) is 5.82 Å². The van der Waals surface area contributed by atoms with Gasteiger partial charge in [0.15, 0.2) is 11.5 Å². The van der Waals surface area contributed by atoms with Gasteiger partial charge in [-0.25, -0.2) is 17.8 Å². The summed E-state index contributed by atoms with van der Waals surface area (Å²) in [7, 11) is -3.70. The topological polar surface area (TPSA) is 136 Å². The van der Waals surface area contributed by atoms with Crippen molar-refractivity contribution in [1.29, 1.82) is 0 Å². The molecular formula is C27H39Cl2FN8O2S. The van der Waals surface area contributed by atoms with E-state index in [1.54, 1.807) is 0 Å². The highest BCUT2D eigenvalue weighted by Gasteiger charge is 2.37. The molecule has 1 aliphatic heterocycles. The molecule has 3 aliphatic rings. The molecule has 4 N–H and O–H groups in total. The first-order valence-electron chi connectivity index (χ1n) is 14.1. The van der Waals surface area contributed by atoms with Crippen LogP contribution >= 0.6 is 24.8 Å². The third-order valence-electron chi connectivity index (χ3n) is 8.79. The van der Waals surface area contributed by atoms with Crippen molar-refractivity contribution in [1.82, 2.24) is 23.8 Å². The second kappa shape index (κ2) is 12.9. The summed E-state index contributed by atoms with van der Waals surface area (Å²) in [6, 6.07) is 5.85. The van der Waals surface area contributed by atoms with Crippen molar-refractivity contribution in [3.63, 3.8) is 0 Å². The van der Waals surface area contributed by atoms with Gasteiger partial charge in [-0.3, -0.25) is 0 Å². The minimum absolute atomic E-state index is 0. The number of halogens is 3. The fourth-order valence-corrected chi connectivity index (χ4v) is 8.08. The van der Waals surface area contributed by atoms with Crippen molar-refractivity contribution in [2.24, 2.45) is 5.73 Å². The molecule has 2 aromatic heterocycles. The summed E-state index contributed by atoms with van der Waals surface area (Å²) in [4.78, 5) is 16.8. The number of imidazole rings is 1. The molecule has 6 rings (SSSR count). The highest BCUT2D eigenvalue weighted by molar-refractivity contribution is 7.89. The Morgan fingerprint density at radius 1 is 0.878 bits per heavy atom. The summed E-state index contributed by atoms with van der Waals surface area (Å²) in [5.74, 6) is 0.515. The quantitative estimate of drug-likeness (QED) is 0.409. The van der Waals surface area contributed by atoms with Crippen LogP contribution in [0.3, 0.4) is 0 Å². The van der Waals surface area contributed by atoms with Crippen molar-refractivity contribution in [2.45, 2.75) is 93.3 Å². The molecule has 0 unspecified atom stereocenters. The van der Waals surface area contributed by atoms with Gasteiger partial charge in [0, 0.05) is 37.3 Å². The van der Waals surface area contributed by atoms with Crippen LogP contribution in [0.1, 0.15) is 70.3 Å². The minimum atomic E-state index is -3.70. The Balaban J connectivity index is 0.00000194. The van der Waals surface area contributed by atoms with Crippen LogP contribution < -0.4 is 16.4 Å². The lowest BCUT2D eigenvalue weighted by atomic mass is 9.89. The number of nitrogen functional groups attached to an aromatic ring is 1. The highest BCUT2D eigenvalue weighted by atomic mass is 35.5. The maximum absolute atomic E-state index is 13.4. The third kappa shape index (κ3) is 6.27. The zero-order valence-corrected chi connectivity index (χ0v) is 25.4. The van der Waals surface area contributed by atoms with E-state index in [1.807, 2.05) is 6.33 Å². The van der Waals surface area contributed by atoms with Crippen LogP contribution in [-0.2, 0) is 10.0 Å². The lowest BCUT2D eigenvalue weighted by Crippen LogP contribution is -2.52. The summed E-state index contributed by atoms with van der Waals surface area (Å²) in [5, 5.41) is 0. The Morgan fingerprint density at radius 3 is 2.12 bits per heavy atom. The van der Waals surface area contributed by atoms with E-state index in [0.717, 1.165) is 44.2 Å². The molecule has 3 aromatic rings. The number of hydrogen-bond donors (Lipinski definition) is 2. The third-order valence-corrected chi connectivity index (χ3v) is 10.7. The Kier molecular flexibility index (Phi) is 10.0. The number of aromatic nitrogens is 4. The highest BCUT2D eigenvalue weighted by Crippen LogP contribution is 2.36. The van der Waals surface area contributed by atoms with E-state index < -0.39 is 15.8 Å². The molecule has 0 amide bonds. The van der Waals surface area contributed by atoms with Crippen molar-refractivity contribution >= 4 is 57.8 Å². The van der Waals surface area contributed by atoms with E-state index in [0.29, 0.717) is 49.3 Å². The van der Waals surface area contributed by atoms with Crippen molar-refractivity contribution in [3.05, 3.63) is 36.4 Å². The average molecular weight is 630 g/mol. The van der Waals surface area contributed by atoms with E-state index in [2.05, 4.69) is 14.5 Å². The predicted molar refractivity (Wildman–Crippen MR) is 163 cm³/mol. The molecule has 3 heterocycles. The van der Waals surface area contributed by atoms with Crippen molar-refractivity contribution in [2.75, 3.05) is 23.7 Å². The molecule has 0 atom stereocenters. The Morgan fingerprint density at radius 2 is 1.49 bits per heavy atom. The summed E-state index contributed by atoms with van der Waals surface area (Å²) in [5.41, 5.74) is 14.1. The monoisotopic (exact) mass is 628 g/mol. The molecule has 0 radical (unpaired) electrons. The smallest absolute Gasteiger partial charge is 0.243 e. The van der Waals surface area contributed by atoms with Gasteiger partial charge in [0.1, 0.15) is 11.3 Å². The van der Waals surface area contributed by atoms with Gasteiger partial charge in [0.05, 0.1) is 11.2 Å². The number of benzene rings is 1. The van der Waals surface area contributed by atoms with E-state index in [4.69, 9.17) is 21.4 Å². The number of fused-ring (bicyclic) bond motifs is 1. The fraction of sp³-hybridized carbons (Fsp3) is 0.593. The molecule has 3 fully saturated rings. The second-order valence-corrected chi connectivity index (χ2v) is 13.2. The molecule has 0 bridgehead atoms. The first-order valence-corrected chi connectivity index (χ1v) is 15.5. The Hall–Kier alpha value is -2.25. The van der Waals surface area contributed by atoms with Crippen LogP contribution in [0.4, 0.5) is 16.2 Å². The number of sulfonamides is 1. The Bertz CT molecular complexity index is 1420. The predicted octanol–water partition coefficient (Wildman–Crippen LogP) is 4.44. The number of piperidine rings is 1. The number of nitrogens with zero attached hydrogens (tertiary/aromatic N) is 6. The lowest BCUT2D eigenvalue weighted by molar-refractivity contribution is 0.277. The minimum Gasteiger partial charge on any atom is -0.382 e. The number of nitrogens with two attached hydrogens (primary N) is 2. The number of rotatable bonds is 6. The molecule has 2 saturated carbocycles. The molecule has 1 aromatic carbocycles. The van der Waals surface area contributed by atoms with Gasteiger partial charge in [-0.15, -0.1) is 24.8 Å². The Labute approximate surface area is 253 Å². The second-order valence-electron chi connectivity index (χ2n) is 11.2. The maximum Gasteiger partial charge on any atom is 0.243 e. The van der Waals surface area contributed by atoms with E-state index in [-0.39, 0.29) is 47.8 Å². The largest absolute Gasteiger partial charge is 0.382 e. The summed E-state index contributed by atoms with van der Waals surface area (Å²) in [6.07, 6.45) is 11.4.